The van der Waals surface area contributed by atoms with Crippen LogP contribution in [0.3, 0.4) is 0 Å². The van der Waals surface area contributed by atoms with E-state index in [2.05, 4.69) is 12.2 Å². The zero-order chi connectivity index (χ0) is 16.9. The molecule has 5 nitrogen and oxygen atoms in total. The molecule has 0 bridgehead atoms. The van der Waals surface area contributed by atoms with E-state index in [1.807, 2.05) is 31.2 Å². The third-order valence-electron chi connectivity index (χ3n) is 4.48. The summed E-state index contributed by atoms with van der Waals surface area (Å²) in [6.07, 6.45) is 2.53. The molecule has 1 unspecified atom stereocenters. The number of amides is 2. The highest BCUT2D eigenvalue weighted by molar-refractivity contribution is 6.06. The molecule has 0 aromatic heterocycles. The molecule has 1 N–H and O–H groups in total. The normalized spacial score (nSPS) is 20.8. The number of anilines is 1. The molecular formula is C18H26N2O3. The van der Waals surface area contributed by atoms with Crippen LogP contribution in [0.1, 0.15) is 38.7 Å². The van der Waals surface area contributed by atoms with Gasteiger partial charge in [-0.15, -0.1) is 0 Å². The van der Waals surface area contributed by atoms with E-state index in [4.69, 9.17) is 4.74 Å². The summed E-state index contributed by atoms with van der Waals surface area (Å²) in [5.41, 5.74) is 1.11. The predicted octanol–water partition coefficient (Wildman–Crippen LogP) is 2.29. The van der Waals surface area contributed by atoms with Crippen LogP contribution in [0.2, 0.25) is 0 Å². The van der Waals surface area contributed by atoms with E-state index in [0.29, 0.717) is 26.0 Å². The van der Waals surface area contributed by atoms with Gasteiger partial charge in [-0.3, -0.25) is 14.5 Å². The van der Waals surface area contributed by atoms with Gasteiger partial charge in [0.05, 0.1) is 0 Å². The molecule has 1 aliphatic rings. The van der Waals surface area contributed by atoms with Crippen molar-refractivity contribution in [3.05, 3.63) is 29.8 Å². The lowest BCUT2D eigenvalue weighted by Crippen LogP contribution is -2.55. The van der Waals surface area contributed by atoms with Crippen molar-refractivity contribution >= 4 is 17.5 Å². The quantitative estimate of drug-likeness (QED) is 0.785. The fourth-order valence-corrected chi connectivity index (χ4v) is 3.10. The van der Waals surface area contributed by atoms with Crippen molar-refractivity contribution in [2.45, 2.75) is 45.1 Å². The summed E-state index contributed by atoms with van der Waals surface area (Å²) >= 11 is 0. The summed E-state index contributed by atoms with van der Waals surface area (Å²) in [5.74, 6) is -0.0780. The van der Waals surface area contributed by atoms with Gasteiger partial charge in [0.1, 0.15) is 5.54 Å². The van der Waals surface area contributed by atoms with Gasteiger partial charge in [0, 0.05) is 32.4 Å². The minimum absolute atomic E-state index is 0.0143. The molecule has 0 saturated carbocycles. The van der Waals surface area contributed by atoms with E-state index >= 15 is 0 Å². The molecule has 5 heteroatoms. The Kier molecular flexibility index (Phi) is 5.77. The monoisotopic (exact) mass is 318 g/mol. The Morgan fingerprint density at radius 1 is 1.39 bits per heavy atom. The second-order valence-electron chi connectivity index (χ2n) is 6.09. The molecular weight excluding hydrogens is 292 g/mol. The summed E-state index contributed by atoms with van der Waals surface area (Å²) in [4.78, 5) is 26.9. The molecule has 1 heterocycles. The van der Waals surface area contributed by atoms with Crippen molar-refractivity contribution in [2.24, 2.45) is 0 Å². The third kappa shape index (κ3) is 3.55. The standard InChI is InChI=1S/C18H26N2O3/c1-4-14-8-5-6-9-15(14)20-16(21)10-11-18(20,2)17(22)19-12-7-13-23-3/h5-6,8-9H,4,7,10-13H2,1-3H3,(H,19,22). The van der Waals surface area contributed by atoms with Gasteiger partial charge in [0.2, 0.25) is 11.8 Å². The minimum atomic E-state index is -0.824. The molecule has 1 saturated heterocycles. The zero-order valence-electron chi connectivity index (χ0n) is 14.2. The Morgan fingerprint density at radius 2 is 2.13 bits per heavy atom. The molecule has 0 spiro atoms. The van der Waals surface area contributed by atoms with Crippen molar-refractivity contribution in [1.29, 1.82) is 0 Å². The Labute approximate surface area is 138 Å². The van der Waals surface area contributed by atoms with Crippen LogP contribution in [0.25, 0.3) is 0 Å². The van der Waals surface area contributed by atoms with Crippen LogP contribution < -0.4 is 10.2 Å². The number of rotatable bonds is 7. The van der Waals surface area contributed by atoms with Crippen LogP contribution in [-0.4, -0.2) is 37.6 Å². The maximum atomic E-state index is 12.7. The number of hydrogen-bond donors (Lipinski definition) is 1. The summed E-state index contributed by atoms with van der Waals surface area (Å²) in [6.45, 7) is 5.08. The first-order valence-electron chi connectivity index (χ1n) is 8.22. The molecule has 0 aliphatic carbocycles. The second-order valence-corrected chi connectivity index (χ2v) is 6.09. The SMILES string of the molecule is CCc1ccccc1N1C(=O)CCC1(C)C(=O)NCCCOC. The number of carbonyl (C=O) groups is 2. The van der Waals surface area contributed by atoms with Crippen molar-refractivity contribution in [3.63, 3.8) is 0 Å². The highest BCUT2D eigenvalue weighted by atomic mass is 16.5. The largest absolute Gasteiger partial charge is 0.385 e. The number of carbonyl (C=O) groups excluding carboxylic acids is 2. The molecule has 1 fully saturated rings. The van der Waals surface area contributed by atoms with Crippen molar-refractivity contribution in [2.75, 3.05) is 25.2 Å². The minimum Gasteiger partial charge on any atom is -0.385 e. The summed E-state index contributed by atoms with van der Waals surface area (Å²) in [5, 5.41) is 2.94. The molecule has 0 radical (unpaired) electrons. The van der Waals surface area contributed by atoms with E-state index in [1.165, 1.54) is 0 Å². The number of hydrogen-bond acceptors (Lipinski definition) is 3. The fourth-order valence-electron chi connectivity index (χ4n) is 3.10. The highest BCUT2D eigenvalue weighted by Gasteiger charge is 2.48. The van der Waals surface area contributed by atoms with E-state index in [9.17, 15) is 9.59 Å². The van der Waals surface area contributed by atoms with Crippen LogP contribution in [-0.2, 0) is 20.7 Å². The van der Waals surface area contributed by atoms with E-state index in [0.717, 1.165) is 24.1 Å². The van der Waals surface area contributed by atoms with Crippen molar-refractivity contribution in [1.82, 2.24) is 5.32 Å². The number of nitrogens with zero attached hydrogens (tertiary/aromatic N) is 1. The predicted molar refractivity (Wildman–Crippen MR) is 90.4 cm³/mol. The first-order chi connectivity index (χ1) is 11.0. The summed E-state index contributed by atoms with van der Waals surface area (Å²) in [7, 11) is 1.64. The lowest BCUT2D eigenvalue weighted by molar-refractivity contribution is -0.127. The van der Waals surface area contributed by atoms with E-state index < -0.39 is 5.54 Å². The van der Waals surface area contributed by atoms with Crippen molar-refractivity contribution < 1.29 is 14.3 Å². The van der Waals surface area contributed by atoms with Crippen LogP contribution >= 0.6 is 0 Å². The number of benzene rings is 1. The molecule has 1 aliphatic heterocycles. The van der Waals surface area contributed by atoms with Gasteiger partial charge in [-0.2, -0.15) is 0 Å². The third-order valence-corrected chi connectivity index (χ3v) is 4.48. The number of ether oxygens (including phenoxy) is 1. The zero-order valence-corrected chi connectivity index (χ0v) is 14.2. The van der Waals surface area contributed by atoms with Gasteiger partial charge < -0.3 is 10.1 Å². The molecule has 1 aromatic carbocycles. The topological polar surface area (TPSA) is 58.6 Å². The molecule has 1 aromatic rings. The Hall–Kier alpha value is -1.88. The lowest BCUT2D eigenvalue weighted by Gasteiger charge is -2.35. The molecule has 1 atom stereocenters. The van der Waals surface area contributed by atoms with Gasteiger partial charge in [0.25, 0.3) is 0 Å². The van der Waals surface area contributed by atoms with Gasteiger partial charge >= 0.3 is 0 Å². The first kappa shape index (κ1) is 17.5. The van der Waals surface area contributed by atoms with Crippen LogP contribution in [0.4, 0.5) is 5.69 Å². The van der Waals surface area contributed by atoms with Gasteiger partial charge in [-0.05, 0) is 37.8 Å². The maximum absolute atomic E-state index is 12.7. The van der Waals surface area contributed by atoms with Gasteiger partial charge in [0.15, 0.2) is 0 Å². The summed E-state index contributed by atoms with van der Waals surface area (Å²) < 4.78 is 5.00. The second kappa shape index (κ2) is 7.59. The Bertz CT molecular complexity index is 573. The first-order valence-corrected chi connectivity index (χ1v) is 8.22. The average molecular weight is 318 g/mol. The number of methoxy groups -OCH3 is 1. The van der Waals surface area contributed by atoms with E-state index in [1.54, 1.807) is 12.0 Å². The molecule has 126 valence electrons. The Morgan fingerprint density at radius 3 is 2.83 bits per heavy atom. The van der Waals surface area contributed by atoms with Gasteiger partial charge in [-0.25, -0.2) is 0 Å². The fraction of sp³-hybridized carbons (Fsp3) is 0.556. The number of nitrogens with one attached hydrogen (secondary N) is 1. The van der Waals surface area contributed by atoms with Crippen molar-refractivity contribution in [3.8, 4) is 0 Å². The summed E-state index contributed by atoms with van der Waals surface area (Å²) in [6, 6.07) is 7.82. The Balaban J connectivity index is 2.22. The van der Waals surface area contributed by atoms with Crippen LogP contribution in [0.15, 0.2) is 24.3 Å². The smallest absolute Gasteiger partial charge is 0.246 e. The highest BCUT2D eigenvalue weighted by Crippen LogP contribution is 2.37. The molecule has 2 rings (SSSR count). The van der Waals surface area contributed by atoms with Gasteiger partial charge in [-0.1, -0.05) is 25.1 Å². The number of aryl methyl sites for hydroxylation is 1. The maximum Gasteiger partial charge on any atom is 0.246 e. The van der Waals surface area contributed by atoms with Crippen LogP contribution in [0, 0.1) is 0 Å². The van der Waals surface area contributed by atoms with E-state index in [-0.39, 0.29) is 11.8 Å². The average Bonchev–Trinajstić information content (AvgIpc) is 2.87. The molecule has 23 heavy (non-hydrogen) atoms. The number of para-hydroxylation sites is 1. The lowest BCUT2D eigenvalue weighted by atomic mass is 9.96. The van der Waals surface area contributed by atoms with Crippen LogP contribution in [0.5, 0.6) is 0 Å². The molecule has 2 amide bonds.